The van der Waals surface area contributed by atoms with Crippen molar-refractivity contribution < 1.29 is 9.59 Å². The zero-order chi connectivity index (χ0) is 12.0. The van der Waals surface area contributed by atoms with Gasteiger partial charge in [0.25, 0.3) is 0 Å². The molecule has 4 amide bonds. The van der Waals surface area contributed by atoms with E-state index in [0.29, 0.717) is 6.42 Å². The summed E-state index contributed by atoms with van der Waals surface area (Å²) in [6.45, 7) is 0. The molecule has 1 aliphatic carbocycles. The fourth-order valence-corrected chi connectivity index (χ4v) is 1.37. The Labute approximate surface area is 92.1 Å². The number of amides is 4. The number of carbonyl (C=O) groups is 2. The first-order valence-corrected chi connectivity index (χ1v) is 4.79. The van der Waals surface area contributed by atoms with Crippen molar-refractivity contribution in [1.82, 2.24) is 10.9 Å². The number of carbonyl (C=O) groups excluding carboxylic acids is 2. The van der Waals surface area contributed by atoms with Gasteiger partial charge in [-0.2, -0.15) is 10.2 Å². The number of primary amides is 2. The van der Waals surface area contributed by atoms with Gasteiger partial charge in [-0.05, 0) is 19.3 Å². The Bertz CT molecular complexity index is 316. The summed E-state index contributed by atoms with van der Waals surface area (Å²) < 4.78 is 0. The smallest absolute Gasteiger partial charge is 0.332 e. The molecule has 0 spiro atoms. The highest BCUT2D eigenvalue weighted by atomic mass is 16.2. The minimum absolute atomic E-state index is 0.501. The van der Waals surface area contributed by atoms with Gasteiger partial charge >= 0.3 is 12.1 Å². The molecule has 6 N–H and O–H groups in total. The van der Waals surface area contributed by atoms with Crippen LogP contribution in [0.1, 0.15) is 25.7 Å². The van der Waals surface area contributed by atoms with Crippen LogP contribution in [0.25, 0.3) is 0 Å². The number of rotatable bonds is 2. The van der Waals surface area contributed by atoms with Crippen LogP contribution >= 0.6 is 0 Å². The summed E-state index contributed by atoms with van der Waals surface area (Å²) >= 11 is 0. The summed E-state index contributed by atoms with van der Waals surface area (Å²) in [4.78, 5) is 20.9. The highest BCUT2D eigenvalue weighted by molar-refractivity contribution is 6.06. The molecule has 88 valence electrons. The fourth-order valence-electron chi connectivity index (χ4n) is 1.37. The molecule has 1 saturated carbocycles. The first-order valence-electron chi connectivity index (χ1n) is 4.79. The van der Waals surface area contributed by atoms with Crippen LogP contribution in [0.2, 0.25) is 0 Å². The maximum atomic E-state index is 10.4. The zero-order valence-corrected chi connectivity index (χ0v) is 8.69. The molecule has 0 saturated heterocycles. The highest BCUT2D eigenvalue weighted by Gasteiger charge is 2.13. The largest absolute Gasteiger partial charge is 0.350 e. The first-order chi connectivity index (χ1) is 7.58. The number of nitrogens with zero attached hydrogens (tertiary/aromatic N) is 2. The maximum absolute atomic E-state index is 10.4. The van der Waals surface area contributed by atoms with Crippen LogP contribution in [0.5, 0.6) is 0 Å². The molecule has 0 aliphatic heterocycles. The van der Waals surface area contributed by atoms with E-state index in [1.165, 1.54) is 0 Å². The van der Waals surface area contributed by atoms with E-state index in [0.717, 1.165) is 30.7 Å². The SMILES string of the molecule is NC(=O)N/N=C1\CCC/C(=N\NC(N)=O)C1. The Balaban J connectivity index is 2.52. The van der Waals surface area contributed by atoms with Crippen LogP contribution in [0.4, 0.5) is 9.59 Å². The number of urea groups is 2. The van der Waals surface area contributed by atoms with Crippen molar-refractivity contribution in [2.45, 2.75) is 25.7 Å². The monoisotopic (exact) mass is 226 g/mol. The van der Waals surface area contributed by atoms with Crippen LogP contribution in [0, 0.1) is 0 Å². The van der Waals surface area contributed by atoms with Crippen LogP contribution in [0.15, 0.2) is 10.2 Å². The number of nitrogens with one attached hydrogen (secondary N) is 2. The van der Waals surface area contributed by atoms with E-state index in [-0.39, 0.29) is 0 Å². The van der Waals surface area contributed by atoms with Gasteiger partial charge in [0.2, 0.25) is 0 Å². The Morgan fingerprint density at radius 1 is 1.00 bits per heavy atom. The average molecular weight is 226 g/mol. The summed E-state index contributed by atoms with van der Waals surface area (Å²) in [6.07, 6.45) is 2.91. The van der Waals surface area contributed by atoms with E-state index < -0.39 is 12.1 Å². The molecule has 0 atom stereocenters. The quantitative estimate of drug-likeness (QED) is 0.477. The Morgan fingerprint density at radius 3 is 1.81 bits per heavy atom. The predicted molar refractivity (Wildman–Crippen MR) is 58.8 cm³/mol. The summed E-state index contributed by atoms with van der Waals surface area (Å²) in [7, 11) is 0. The van der Waals surface area contributed by atoms with E-state index in [1.807, 2.05) is 0 Å². The number of nitrogens with two attached hydrogens (primary N) is 2. The van der Waals surface area contributed by atoms with Crippen molar-refractivity contribution in [2.24, 2.45) is 21.7 Å². The Morgan fingerprint density at radius 2 is 1.44 bits per heavy atom. The summed E-state index contributed by atoms with van der Waals surface area (Å²) in [5, 5.41) is 7.65. The molecule has 0 unspecified atom stereocenters. The van der Waals surface area contributed by atoms with Gasteiger partial charge in [0.1, 0.15) is 0 Å². The van der Waals surface area contributed by atoms with Gasteiger partial charge in [0.15, 0.2) is 0 Å². The molecular formula is C8H14N6O2. The van der Waals surface area contributed by atoms with Gasteiger partial charge in [0.05, 0.1) is 0 Å². The van der Waals surface area contributed by atoms with Gasteiger partial charge in [-0.15, -0.1) is 0 Å². The summed E-state index contributed by atoms with van der Waals surface area (Å²) in [5.74, 6) is 0. The minimum Gasteiger partial charge on any atom is -0.350 e. The lowest BCUT2D eigenvalue weighted by molar-refractivity contribution is 0.248. The lowest BCUT2D eigenvalue weighted by atomic mass is 9.97. The molecule has 1 aliphatic rings. The fraction of sp³-hybridized carbons (Fsp3) is 0.500. The number of hydrazone groups is 2. The van der Waals surface area contributed by atoms with Gasteiger partial charge in [-0.1, -0.05) is 0 Å². The number of hydrogen-bond acceptors (Lipinski definition) is 4. The second-order valence-corrected chi connectivity index (χ2v) is 3.34. The van der Waals surface area contributed by atoms with Crippen molar-refractivity contribution >= 4 is 23.5 Å². The van der Waals surface area contributed by atoms with Gasteiger partial charge < -0.3 is 11.5 Å². The van der Waals surface area contributed by atoms with E-state index in [1.54, 1.807) is 0 Å². The average Bonchev–Trinajstić information content (AvgIpc) is 2.24. The van der Waals surface area contributed by atoms with E-state index in [4.69, 9.17) is 11.5 Å². The molecule has 1 rings (SSSR count). The predicted octanol–water partition coefficient (Wildman–Crippen LogP) is -0.391. The topological polar surface area (TPSA) is 135 Å². The van der Waals surface area contributed by atoms with Crippen molar-refractivity contribution in [3.05, 3.63) is 0 Å². The second-order valence-electron chi connectivity index (χ2n) is 3.34. The molecule has 1 fully saturated rings. The van der Waals surface area contributed by atoms with E-state index >= 15 is 0 Å². The van der Waals surface area contributed by atoms with Crippen LogP contribution < -0.4 is 22.3 Å². The molecule has 16 heavy (non-hydrogen) atoms. The minimum atomic E-state index is -0.702. The molecular weight excluding hydrogens is 212 g/mol. The first kappa shape index (κ1) is 12.0. The lowest BCUT2D eigenvalue weighted by Crippen LogP contribution is -2.29. The standard InChI is InChI=1S/C8H14N6O2/c9-7(15)13-11-5-2-1-3-6(4-5)12-14-8(10)16/h1-4H2,(H3,9,13,15)(H3,10,14,16)/b11-5+,12-6+. The molecule has 0 aromatic heterocycles. The molecule has 8 nitrogen and oxygen atoms in total. The zero-order valence-electron chi connectivity index (χ0n) is 8.69. The Hall–Kier alpha value is -2.12. The Kier molecular flexibility index (Phi) is 4.25. The molecule has 0 radical (unpaired) electrons. The highest BCUT2D eigenvalue weighted by Crippen LogP contribution is 2.12. The van der Waals surface area contributed by atoms with Crippen molar-refractivity contribution in [3.8, 4) is 0 Å². The van der Waals surface area contributed by atoms with Crippen molar-refractivity contribution in [1.29, 1.82) is 0 Å². The van der Waals surface area contributed by atoms with Crippen LogP contribution in [-0.2, 0) is 0 Å². The summed E-state index contributed by atoms with van der Waals surface area (Å²) in [6, 6.07) is -1.40. The molecule has 0 bridgehead atoms. The van der Waals surface area contributed by atoms with Gasteiger partial charge in [0, 0.05) is 17.8 Å². The van der Waals surface area contributed by atoms with Gasteiger partial charge in [-0.3, -0.25) is 0 Å². The van der Waals surface area contributed by atoms with Gasteiger partial charge in [-0.25, -0.2) is 20.4 Å². The van der Waals surface area contributed by atoms with Crippen molar-refractivity contribution in [2.75, 3.05) is 0 Å². The molecule has 8 heteroatoms. The van der Waals surface area contributed by atoms with E-state index in [9.17, 15) is 9.59 Å². The number of hydrogen-bond donors (Lipinski definition) is 4. The third-order valence-corrected chi connectivity index (χ3v) is 1.99. The second kappa shape index (κ2) is 5.69. The lowest BCUT2D eigenvalue weighted by Gasteiger charge is -2.14. The van der Waals surface area contributed by atoms with Crippen molar-refractivity contribution in [3.63, 3.8) is 0 Å². The molecule has 0 heterocycles. The molecule has 0 aromatic rings. The maximum Gasteiger partial charge on any atom is 0.332 e. The summed E-state index contributed by atoms with van der Waals surface area (Å²) in [5.41, 5.74) is 15.6. The van der Waals surface area contributed by atoms with E-state index in [2.05, 4.69) is 21.1 Å². The normalized spacial score (nSPS) is 20.8. The van der Waals surface area contributed by atoms with Crippen LogP contribution in [-0.4, -0.2) is 23.5 Å². The third kappa shape index (κ3) is 4.40. The molecule has 0 aromatic carbocycles. The van der Waals surface area contributed by atoms with Crippen LogP contribution in [0.3, 0.4) is 0 Å². The third-order valence-electron chi connectivity index (χ3n) is 1.99.